The predicted molar refractivity (Wildman–Crippen MR) is 95.8 cm³/mol. The van der Waals surface area contributed by atoms with Gasteiger partial charge < -0.3 is 24.3 Å². The van der Waals surface area contributed by atoms with Crippen molar-refractivity contribution in [1.82, 2.24) is 0 Å². The Bertz CT molecular complexity index is 1040. The van der Waals surface area contributed by atoms with Crippen LogP contribution >= 0.6 is 0 Å². The molecule has 0 fully saturated rings. The first-order valence-corrected chi connectivity index (χ1v) is 9.40. The molecule has 1 aliphatic heterocycles. The molecule has 0 aromatic heterocycles. The number of carbonyl (C=O) groups excluding carboxylic acids is 2. The topological polar surface area (TPSA) is 143 Å². The lowest BCUT2D eigenvalue weighted by Gasteiger charge is -2.10. The molecule has 0 bridgehead atoms. The molecule has 10 nitrogen and oxygen atoms in total. The SMILES string of the molecule is COc1ccc(S(N)(=O)=O)cc1C(=O)OCC(=O)Nc1ccc2c(c1)OCO2. The maximum absolute atomic E-state index is 12.3. The average Bonchev–Trinajstić information content (AvgIpc) is 3.12. The molecule has 2 aromatic carbocycles. The second-order valence-electron chi connectivity index (χ2n) is 5.60. The molecule has 0 spiro atoms. The number of amides is 1. The van der Waals surface area contributed by atoms with Crippen LogP contribution < -0.4 is 24.7 Å². The van der Waals surface area contributed by atoms with Crippen LogP contribution in [0.2, 0.25) is 0 Å². The van der Waals surface area contributed by atoms with Gasteiger partial charge in [-0.2, -0.15) is 0 Å². The largest absolute Gasteiger partial charge is 0.496 e. The van der Waals surface area contributed by atoms with E-state index in [1.165, 1.54) is 19.2 Å². The third-order valence-corrected chi connectivity index (χ3v) is 4.62. The van der Waals surface area contributed by atoms with Gasteiger partial charge in [-0.25, -0.2) is 18.4 Å². The molecule has 0 unspecified atom stereocenters. The predicted octanol–water partition coefficient (Wildman–Crippen LogP) is 0.867. The second-order valence-corrected chi connectivity index (χ2v) is 7.16. The zero-order valence-corrected chi connectivity index (χ0v) is 15.4. The molecule has 0 radical (unpaired) electrons. The van der Waals surface area contributed by atoms with E-state index < -0.39 is 28.5 Å². The van der Waals surface area contributed by atoms with E-state index in [0.29, 0.717) is 17.2 Å². The summed E-state index contributed by atoms with van der Waals surface area (Å²) in [5.74, 6) is -0.420. The minimum Gasteiger partial charge on any atom is -0.496 e. The molecule has 0 saturated heterocycles. The minimum absolute atomic E-state index is 0.0774. The number of methoxy groups -OCH3 is 1. The molecule has 28 heavy (non-hydrogen) atoms. The van der Waals surface area contributed by atoms with Gasteiger partial charge in [-0.15, -0.1) is 0 Å². The Kier molecular flexibility index (Phi) is 5.38. The first-order chi connectivity index (χ1) is 13.3. The van der Waals surface area contributed by atoms with E-state index in [2.05, 4.69) is 5.32 Å². The van der Waals surface area contributed by atoms with E-state index in [0.717, 1.165) is 6.07 Å². The number of hydrogen-bond donors (Lipinski definition) is 2. The second kappa shape index (κ2) is 7.74. The van der Waals surface area contributed by atoms with Crippen LogP contribution in [0.3, 0.4) is 0 Å². The van der Waals surface area contributed by atoms with Crippen molar-refractivity contribution in [3.05, 3.63) is 42.0 Å². The average molecular weight is 408 g/mol. The summed E-state index contributed by atoms with van der Waals surface area (Å²) >= 11 is 0. The minimum atomic E-state index is -4.03. The summed E-state index contributed by atoms with van der Waals surface area (Å²) in [6.07, 6.45) is 0. The van der Waals surface area contributed by atoms with Crippen molar-refractivity contribution in [2.24, 2.45) is 5.14 Å². The lowest BCUT2D eigenvalue weighted by Crippen LogP contribution is -2.21. The van der Waals surface area contributed by atoms with E-state index in [4.69, 9.17) is 24.1 Å². The Hall–Kier alpha value is -3.31. The van der Waals surface area contributed by atoms with Gasteiger partial charge in [0.1, 0.15) is 11.3 Å². The molecule has 148 valence electrons. The zero-order chi connectivity index (χ0) is 20.3. The maximum atomic E-state index is 12.3. The number of esters is 1. The van der Waals surface area contributed by atoms with Crippen molar-refractivity contribution < 1.29 is 37.0 Å². The Balaban J connectivity index is 1.65. The lowest BCUT2D eigenvalue weighted by atomic mass is 10.2. The highest BCUT2D eigenvalue weighted by Crippen LogP contribution is 2.34. The van der Waals surface area contributed by atoms with E-state index in [1.54, 1.807) is 18.2 Å². The van der Waals surface area contributed by atoms with Crippen LogP contribution in [0.5, 0.6) is 17.2 Å². The lowest BCUT2D eigenvalue weighted by molar-refractivity contribution is -0.119. The van der Waals surface area contributed by atoms with E-state index in [1.807, 2.05) is 0 Å². The van der Waals surface area contributed by atoms with E-state index in [-0.39, 0.29) is 23.0 Å². The number of nitrogens with one attached hydrogen (secondary N) is 1. The van der Waals surface area contributed by atoms with Crippen LogP contribution in [0.4, 0.5) is 5.69 Å². The molecule has 2 aromatic rings. The van der Waals surface area contributed by atoms with Gasteiger partial charge in [0.25, 0.3) is 5.91 Å². The molecule has 0 atom stereocenters. The maximum Gasteiger partial charge on any atom is 0.342 e. The monoisotopic (exact) mass is 408 g/mol. The summed E-state index contributed by atoms with van der Waals surface area (Å²) in [7, 11) is -2.72. The van der Waals surface area contributed by atoms with E-state index >= 15 is 0 Å². The molecule has 11 heteroatoms. The van der Waals surface area contributed by atoms with Gasteiger partial charge in [0.15, 0.2) is 18.1 Å². The number of hydrogen-bond acceptors (Lipinski definition) is 8. The van der Waals surface area contributed by atoms with Gasteiger partial charge in [-0.3, -0.25) is 4.79 Å². The molecular weight excluding hydrogens is 392 g/mol. The Morgan fingerprint density at radius 3 is 2.61 bits per heavy atom. The van der Waals surface area contributed by atoms with Gasteiger partial charge >= 0.3 is 5.97 Å². The first-order valence-electron chi connectivity index (χ1n) is 7.85. The Morgan fingerprint density at radius 2 is 1.89 bits per heavy atom. The normalized spacial score (nSPS) is 12.4. The molecule has 1 aliphatic rings. The number of rotatable bonds is 6. The fourth-order valence-corrected chi connectivity index (χ4v) is 2.94. The molecular formula is C17H16N2O8S. The van der Waals surface area contributed by atoms with Crippen molar-refractivity contribution in [1.29, 1.82) is 0 Å². The highest BCUT2D eigenvalue weighted by Gasteiger charge is 2.20. The number of fused-ring (bicyclic) bond motifs is 1. The standard InChI is InChI=1S/C17H16N2O8S/c1-24-13-5-3-11(28(18,22)23)7-12(13)17(21)25-8-16(20)19-10-2-4-14-15(6-10)27-9-26-14/h2-7H,8-9H2,1H3,(H,19,20)(H2,18,22,23). The summed E-state index contributed by atoms with van der Waals surface area (Å²) in [5.41, 5.74) is 0.254. The summed E-state index contributed by atoms with van der Waals surface area (Å²) in [4.78, 5) is 24.0. The van der Waals surface area contributed by atoms with Gasteiger partial charge in [-0.05, 0) is 30.3 Å². The van der Waals surface area contributed by atoms with Crippen molar-refractivity contribution in [2.45, 2.75) is 4.90 Å². The highest BCUT2D eigenvalue weighted by molar-refractivity contribution is 7.89. The van der Waals surface area contributed by atoms with Crippen LogP contribution in [-0.4, -0.2) is 40.8 Å². The van der Waals surface area contributed by atoms with Crippen LogP contribution in [-0.2, 0) is 19.6 Å². The smallest absolute Gasteiger partial charge is 0.342 e. The fourth-order valence-electron chi connectivity index (χ4n) is 2.40. The number of carbonyl (C=O) groups is 2. The van der Waals surface area contributed by atoms with Crippen molar-refractivity contribution in [3.63, 3.8) is 0 Å². The highest BCUT2D eigenvalue weighted by atomic mass is 32.2. The van der Waals surface area contributed by atoms with Crippen molar-refractivity contribution >= 4 is 27.6 Å². The number of anilines is 1. The quantitative estimate of drug-likeness (QED) is 0.670. The number of benzene rings is 2. The summed E-state index contributed by atoms with van der Waals surface area (Å²) in [6.45, 7) is -0.500. The number of ether oxygens (including phenoxy) is 4. The van der Waals surface area contributed by atoms with Crippen molar-refractivity contribution in [2.75, 3.05) is 25.8 Å². The Morgan fingerprint density at radius 1 is 1.14 bits per heavy atom. The molecule has 1 heterocycles. The summed E-state index contributed by atoms with van der Waals surface area (Å²) in [6, 6.07) is 8.28. The first kappa shape index (κ1) is 19.5. The number of primary sulfonamides is 1. The van der Waals surface area contributed by atoms with Gasteiger partial charge in [-0.1, -0.05) is 0 Å². The zero-order valence-electron chi connectivity index (χ0n) is 14.6. The van der Waals surface area contributed by atoms with Crippen molar-refractivity contribution in [3.8, 4) is 17.2 Å². The fraction of sp³-hybridized carbons (Fsp3) is 0.176. The number of sulfonamides is 1. The Labute approximate surface area is 160 Å². The van der Waals surface area contributed by atoms with Gasteiger partial charge in [0.2, 0.25) is 16.8 Å². The van der Waals surface area contributed by atoms with Gasteiger partial charge in [0, 0.05) is 11.8 Å². The molecule has 0 aliphatic carbocycles. The van der Waals surface area contributed by atoms with E-state index in [9.17, 15) is 18.0 Å². The molecule has 0 saturated carbocycles. The third kappa shape index (κ3) is 4.32. The van der Waals surface area contributed by atoms with Gasteiger partial charge in [0.05, 0.1) is 12.0 Å². The number of nitrogens with two attached hydrogens (primary N) is 1. The van der Waals surface area contributed by atoms with Crippen LogP contribution in [0.25, 0.3) is 0 Å². The third-order valence-electron chi connectivity index (χ3n) is 3.71. The summed E-state index contributed by atoms with van der Waals surface area (Å²) in [5, 5.41) is 7.60. The molecule has 3 N–H and O–H groups in total. The molecule has 3 rings (SSSR count). The summed E-state index contributed by atoms with van der Waals surface area (Å²) < 4.78 is 43.3. The van der Waals surface area contributed by atoms with Crippen LogP contribution in [0.1, 0.15) is 10.4 Å². The van der Waals surface area contributed by atoms with Crippen LogP contribution in [0, 0.1) is 0 Å². The van der Waals surface area contributed by atoms with Crippen LogP contribution in [0.15, 0.2) is 41.3 Å². The molecule has 1 amide bonds.